The molecule has 37 heavy (non-hydrogen) atoms. The van der Waals surface area contributed by atoms with Gasteiger partial charge in [-0.1, -0.05) is 26.0 Å². The zero-order valence-electron chi connectivity index (χ0n) is 21.0. The van der Waals surface area contributed by atoms with Crippen molar-refractivity contribution in [3.63, 3.8) is 0 Å². The van der Waals surface area contributed by atoms with Gasteiger partial charge in [0.05, 0.1) is 24.0 Å². The van der Waals surface area contributed by atoms with Crippen LogP contribution in [0.25, 0.3) is 16.8 Å². The summed E-state index contributed by atoms with van der Waals surface area (Å²) in [6.45, 7) is 7.03. The number of likely N-dealkylation sites (tertiary alicyclic amines) is 1. The molecule has 190 valence electrons. The van der Waals surface area contributed by atoms with Crippen molar-refractivity contribution in [2.45, 2.75) is 32.1 Å². The minimum Gasteiger partial charge on any atom is -0.494 e. The summed E-state index contributed by atoms with van der Waals surface area (Å²) in [5.74, 6) is 1.15. The zero-order valence-corrected chi connectivity index (χ0v) is 21.0. The Balaban J connectivity index is 1.51. The standard InChI is InChI=1S/C29H29FN4O3/c1-4-7-22-28-27(19-10-12-21(13-11-19)37-24-9-6-8-23(36-3)26(24)30)32-29(34(28)17-15-31-22)20-14-16-33(18-20)25(35)5-2/h5-6,8-13,15,17,20H,2,4,7,14,16,18H2,1,3H3/t20-/m1/s1. The molecule has 1 aliphatic heterocycles. The number of rotatable bonds is 8. The minimum atomic E-state index is -0.547. The van der Waals surface area contributed by atoms with E-state index in [0.29, 0.717) is 18.8 Å². The van der Waals surface area contributed by atoms with Crippen molar-refractivity contribution in [3.05, 3.63) is 84.8 Å². The second kappa shape index (κ2) is 10.4. The van der Waals surface area contributed by atoms with Gasteiger partial charge in [0.15, 0.2) is 11.5 Å². The molecule has 0 bridgehead atoms. The number of carbonyl (C=O) groups excluding carboxylic acids is 1. The fraction of sp³-hybridized carbons (Fsp3) is 0.276. The van der Waals surface area contributed by atoms with Crippen molar-refractivity contribution in [1.82, 2.24) is 19.3 Å². The molecule has 0 radical (unpaired) electrons. The largest absolute Gasteiger partial charge is 0.494 e. The number of methoxy groups -OCH3 is 1. The predicted octanol–water partition coefficient (Wildman–Crippen LogP) is 5.79. The highest BCUT2D eigenvalue weighted by atomic mass is 19.1. The molecule has 1 aliphatic rings. The summed E-state index contributed by atoms with van der Waals surface area (Å²) in [6.07, 6.45) is 7.74. The summed E-state index contributed by atoms with van der Waals surface area (Å²) in [6, 6.07) is 12.2. The van der Waals surface area contributed by atoms with Gasteiger partial charge in [0.25, 0.3) is 0 Å². The Morgan fingerprint density at radius 2 is 2.00 bits per heavy atom. The summed E-state index contributed by atoms with van der Waals surface area (Å²) in [7, 11) is 1.42. The highest BCUT2D eigenvalue weighted by Gasteiger charge is 2.30. The number of imidazole rings is 1. The molecule has 8 heteroatoms. The van der Waals surface area contributed by atoms with Crippen LogP contribution in [0, 0.1) is 5.82 Å². The summed E-state index contributed by atoms with van der Waals surface area (Å²) >= 11 is 0. The number of aryl methyl sites for hydroxylation is 1. The third-order valence-corrected chi connectivity index (χ3v) is 6.69. The van der Waals surface area contributed by atoms with Crippen LogP contribution in [0.1, 0.15) is 37.2 Å². The Kier molecular flexibility index (Phi) is 6.90. The van der Waals surface area contributed by atoms with Crippen LogP contribution in [0.2, 0.25) is 0 Å². The first-order valence-corrected chi connectivity index (χ1v) is 12.4. The lowest BCUT2D eigenvalue weighted by Crippen LogP contribution is -2.26. The lowest BCUT2D eigenvalue weighted by Gasteiger charge is -2.13. The number of amides is 1. The third-order valence-electron chi connectivity index (χ3n) is 6.69. The summed E-state index contributed by atoms with van der Waals surface area (Å²) in [5.41, 5.74) is 3.69. The first-order chi connectivity index (χ1) is 18.0. The fourth-order valence-electron chi connectivity index (χ4n) is 4.87. The van der Waals surface area contributed by atoms with Crippen molar-refractivity contribution in [1.29, 1.82) is 0 Å². The quantitative estimate of drug-likeness (QED) is 0.287. The van der Waals surface area contributed by atoms with E-state index in [1.807, 2.05) is 29.4 Å². The van der Waals surface area contributed by atoms with Crippen molar-refractivity contribution < 1.29 is 18.7 Å². The van der Waals surface area contributed by atoms with Gasteiger partial charge in [0, 0.05) is 37.0 Å². The highest BCUT2D eigenvalue weighted by Crippen LogP contribution is 2.35. The molecular weight excluding hydrogens is 471 g/mol. The maximum atomic E-state index is 14.5. The molecule has 1 fully saturated rings. The van der Waals surface area contributed by atoms with E-state index in [2.05, 4.69) is 22.9 Å². The van der Waals surface area contributed by atoms with Gasteiger partial charge < -0.3 is 14.4 Å². The van der Waals surface area contributed by atoms with Crippen LogP contribution in [0.5, 0.6) is 17.2 Å². The van der Waals surface area contributed by atoms with Crippen LogP contribution >= 0.6 is 0 Å². The van der Waals surface area contributed by atoms with Crippen molar-refractivity contribution in [2.75, 3.05) is 20.2 Å². The van der Waals surface area contributed by atoms with Gasteiger partial charge in [-0.15, -0.1) is 0 Å². The second-order valence-electron chi connectivity index (χ2n) is 9.03. The van der Waals surface area contributed by atoms with E-state index in [9.17, 15) is 9.18 Å². The van der Waals surface area contributed by atoms with E-state index < -0.39 is 5.82 Å². The predicted molar refractivity (Wildman–Crippen MR) is 140 cm³/mol. The molecule has 3 heterocycles. The Bertz CT molecular complexity index is 1450. The number of halogens is 1. The topological polar surface area (TPSA) is 69.0 Å². The van der Waals surface area contributed by atoms with E-state index >= 15 is 0 Å². The molecule has 0 saturated carbocycles. The first-order valence-electron chi connectivity index (χ1n) is 12.4. The van der Waals surface area contributed by atoms with Gasteiger partial charge in [0.2, 0.25) is 11.7 Å². The Labute approximate surface area is 215 Å². The number of aromatic nitrogens is 3. The van der Waals surface area contributed by atoms with Gasteiger partial charge in [0.1, 0.15) is 11.6 Å². The van der Waals surface area contributed by atoms with E-state index in [1.165, 1.54) is 13.2 Å². The highest BCUT2D eigenvalue weighted by molar-refractivity contribution is 5.87. The Morgan fingerprint density at radius 3 is 2.73 bits per heavy atom. The maximum Gasteiger partial charge on any atom is 0.245 e. The number of hydrogen-bond acceptors (Lipinski definition) is 5. The molecule has 5 rings (SSSR count). The summed E-state index contributed by atoms with van der Waals surface area (Å²) in [4.78, 5) is 23.7. The molecule has 1 amide bonds. The molecule has 1 atom stereocenters. The van der Waals surface area contributed by atoms with E-state index in [4.69, 9.17) is 14.5 Å². The number of ether oxygens (including phenoxy) is 2. The lowest BCUT2D eigenvalue weighted by molar-refractivity contribution is -0.125. The zero-order chi connectivity index (χ0) is 25.9. The molecule has 0 aliphatic carbocycles. The molecule has 4 aromatic rings. The molecule has 0 N–H and O–H groups in total. The molecule has 1 saturated heterocycles. The van der Waals surface area contributed by atoms with Crippen LogP contribution in [0.3, 0.4) is 0 Å². The van der Waals surface area contributed by atoms with Crippen LogP contribution in [-0.2, 0) is 11.2 Å². The molecular formula is C29H29FN4O3. The van der Waals surface area contributed by atoms with Crippen molar-refractivity contribution in [2.24, 2.45) is 0 Å². The monoisotopic (exact) mass is 500 g/mol. The number of benzene rings is 2. The smallest absolute Gasteiger partial charge is 0.245 e. The second-order valence-corrected chi connectivity index (χ2v) is 9.03. The molecule has 2 aromatic carbocycles. The summed E-state index contributed by atoms with van der Waals surface area (Å²) < 4.78 is 27.5. The average molecular weight is 501 g/mol. The molecule has 2 aromatic heterocycles. The first kappa shape index (κ1) is 24.5. The molecule has 0 unspecified atom stereocenters. The van der Waals surface area contributed by atoms with Crippen molar-refractivity contribution in [3.8, 4) is 28.5 Å². The normalized spacial score (nSPS) is 15.2. The van der Waals surface area contributed by atoms with E-state index in [1.54, 1.807) is 30.3 Å². The van der Waals surface area contributed by atoms with Crippen LogP contribution < -0.4 is 9.47 Å². The third kappa shape index (κ3) is 4.67. The van der Waals surface area contributed by atoms with Crippen LogP contribution in [0.4, 0.5) is 4.39 Å². The maximum absolute atomic E-state index is 14.5. The van der Waals surface area contributed by atoms with Crippen LogP contribution in [-0.4, -0.2) is 45.4 Å². The number of nitrogens with zero attached hydrogens (tertiary/aromatic N) is 4. The number of fused-ring (bicyclic) bond motifs is 1. The van der Waals surface area contributed by atoms with Gasteiger partial charge in [-0.2, -0.15) is 4.39 Å². The molecule has 7 nitrogen and oxygen atoms in total. The van der Waals surface area contributed by atoms with Crippen LogP contribution in [0.15, 0.2) is 67.5 Å². The molecule has 0 spiro atoms. The van der Waals surface area contributed by atoms with Gasteiger partial charge >= 0.3 is 0 Å². The Hall–Kier alpha value is -4.20. The van der Waals surface area contributed by atoms with E-state index in [0.717, 1.165) is 47.6 Å². The van der Waals surface area contributed by atoms with E-state index in [-0.39, 0.29) is 23.3 Å². The summed E-state index contributed by atoms with van der Waals surface area (Å²) in [5, 5.41) is 0. The Morgan fingerprint density at radius 1 is 1.22 bits per heavy atom. The SMILES string of the molecule is C=CC(=O)N1CC[C@@H](c2nc(-c3ccc(Oc4cccc(OC)c4F)cc3)c3c(CCC)nccn23)C1. The number of hydrogen-bond donors (Lipinski definition) is 0. The number of carbonyl (C=O) groups is 1. The minimum absolute atomic E-state index is 0.0556. The van der Waals surface area contributed by atoms with Gasteiger partial charge in [-0.25, -0.2) is 4.98 Å². The lowest BCUT2D eigenvalue weighted by atomic mass is 10.1. The van der Waals surface area contributed by atoms with Crippen molar-refractivity contribution >= 4 is 11.4 Å². The fourth-order valence-corrected chi connectivity index (χ4v) is 4.87. The van der Waals surface area contributed by atoms with Gasteiger partial charge in [-0.3, -0.25) is 14.2 Å². The van der Waals surface area contributed by atoms with Gasteiger partial charge in [-0.05, 0) is 55.3 Å². The average Bonchev–Trinajstić information content (AvgIpc) is 3.56.